The van der Waals surface area contributed by atoms with E-state index >= 15 is 0 Å². The van der Waals surface area contributed by atoms with Crippen molar-refractivity contribution in [2.24, 2.45) is 11.8 Å². The molecule has 1 fully saturated rings. The highest BCUT2D eigenvalue weighted by atomic mass is 16.5. The summed E-state index contributed by atoms with van der Waals surface area (Å²) in [5.41, 5.74) is 1.18. The zero-order valence-electron chi connectivity index (χ0n) is 18.6. The van der Waals surface area contributed by atoms with Crippen molar-refractivity contribution < 1.29 is 19.1 Å². The summed E-state index contributed by atoms with van der Waals surface area (Å²) in [7, 11) is 1.32. The number of esters is 1. The van der Waals surface area contributed by atoms with E-state index in [0.717, 1.165) is 13.1 Å². The molecule has 166 valence electrons. The first-order chi connectivity index (χ1) is 14.3. The Labute approximate surface area is 179 Å². The van der Waals surface area contributed by atoms with Crippen LogP contribution >= 0.6 is 0 Å². The number of carbonyl (C=O) groups excluding carboxylic acids is 3. The summed E-state index contributed by atoms with van der Waals surface area (Å²) in [6, 6.07) is 9.56. The molecule has 1 heterocycles. The Kier molecular flexibility index (Phi) is 9.15. The summed E-state index contributed by atoms with van der Waals surface area (Å²) in [4.78, 5) is 41.1. The topological polar surface area (TPSA) is 78.9 Å². The maximum atomic E-state index is 12.7. The molecule has 0 bridgehead atoms. The molecule has 0 aromatic heterocycles. The van der Waals surface area contributed by atoms with Gasteiger partial charge in [-0.2, -0.15) is 0 Å². The Morgan fingerprint density at radius 2 is 1.63 bits per heavy atom. The third-order valence-electron chi connectivity index (χ3n) is 5.34. The summed E-state index contributed by atoms with van der Waals surface area (Å²) in [5.74, 6) is -0.419. The number of para-hydroxylation sites is 1. The van der Waals surface area contributed by atoms with Crippen LogP contribution in [0.5, 0.6) is 0 Å². The average Bonchev–Trinajstić information content (AvgIpc) is 2.72. The number of ether oxygens (including phenoxy) is 1. The Morgan fingerprint density at radius 3 is 2.20 bits per heavy atom. The van der Waals surface area contributed by atoms with Crippen LogP contribution < -0.4 is 10.2 Å². The quantitative estimate of drug-likeness (QED) is 0.625. The maximum Gasteiger partial charge on any atom is 0.328 e. The van der Waals surface area contributed by atoms with Gasteiger partial charge >= 0.3 is 5.97 Å². The van der Waals surface area contributed by atoms with Crippen molar-refractivity contribution in [1.29, 1.82) is 0 Å². The van der Waals surface area contributed by atoms with E-state index in [1.165, 1.54) is 12.8 Å². The largest absolute Gasteiger partial charge is 0.467 e. The number of hydrogen-bond donors (Lipinski definition) is 1. The Hall–Kier alpha value is -2.57. The van der Waals surface area contributed by atoms with Gasteiger partial charge in [-0.15, -0.1) is 0 Å². The smallest absolute Gasteiger partial charge is 0.328 e. The van der Waals surface area contributed by atoms with Gasteiger partial charge in [-0.1, -0.05) is 39.0 Å². The van der Waals surface area contributed by atoms with Crippen LogP contribution in [-0.2, 0) is 19.1 Å². The number of rotatable bonds is 9. The summed E-state index contributed by atoms with van der Waals surface area (Å²) in [5, 5.41) is 2.76. The van der Waals surface area contributed by atoms with Crippen LogP contribution in [-0.4, -0.2) is 62.0 Å². The predicted octanol–water partition coefficient (Wildman–Crippen LogP) is 2.46. The molecular formula is C23H35N3O4. The molecule has 1 aromatic carbocycles. The van der Waals surface area contributed by atoms with Crippen LogP contribution in [0, 0.1) is 11.8 Å². The van der Waals surface area contributed by atoms with Gasteiger partial charge in [0.15, 0.2) is 0 Å². The highest BCUT2D eigenvalue weighted by molar-refractivity contribution is 5.85. The fourth-order valence-corrected chi connectivity index (χ4v) is 3.75. The Balaban J connectivity index is 1.77. The Bertz CT molecular complexity index is 700. The normalized spacial score (nSPS) is 16.2. The lowest BCUT2D eigenvalue weighted by molar-refractivity contribution is -0.145. The van der Waals surface area contributed by atoms with Crippen molar-refractivity contribution in [1.82, 2.24) is 10.2 Å². The van der Waals surface area contributed by atoms with Crippen LogP contribution in [0.4, 0.5) is 5.69 Å². The minimum Gasteiger partial charge on any atom is -0.467 e. The first kappa shape index (κ1) is 23.7. The van der Waals surface area contributed by atoms with Gasteiger partial charge in [0.1, 0.15) is 6.04 Å². The zero-order chi connectivity index (χ0) is 22.1. The fraction of sp³-hybridized carbons (Fsp3) is 0.609. The van der Waals surface area contributed by atoms with E-state index in [9.17, 15) is 14.4 Å². The van der Waals surface area contributed by atoms with Crippen molar-refractivity contribution in [3.63, 3.8) is 0 Å². The molecule has 2 rings (SSSR count). The number of anilines is 1. The molecule has 1 aromatic rings. The average molecular weight is 418 g/mol. The molecule has 0 saturated carbocycles. The van der Waals surface area contributed by atoms with Crippen molar-refractivity contribution in [2.75, 3.05) is 38.2 Å². The molecule has 7 nitrogen and oxygen atoms in total. The highest BCUT2D eigenvalue weighted by Crippen LogP contribution is 2.17. The number of benzene rings is 1. The molecule has 7 heteroatoms. The minimum absolute atomic E-state index is 0.0784. The molecule has 1 aliphatic rings. The third-order valence-corrected chi connectivity index (χ3v) is 5.34. The van der Waals surface area contributed by atoms with Crippen molar-refractivity contribution >= 4 is 23.5 Å². The second-order valence-corrected chi connectivity index (χ2v) is 8.49. The van der Waals surface area contributed by atoms with E-state index in [1.807, 2.05) is 43.9 Å². The number of piperazine rings is 1. The van der Waals surface area contributed by atoms with E-state index in [4.69, 9.17) is 4.74 Å². The molecule has 1 aliphatic heterocycles. The summed E-state index contributed by atoms with van der Waals surface area (Å²) in [6.07, 6.45) is 1.06. The van der Waals surface area contributed by atoms with Gasteiger partial charge in [0.05, 0.1) is 7.11 Å². The van der Waals surface area contributed by atoms with Crippen LogP contribution in [0.3, 0.4) is 0 Å². The van der Waals surface area contributed by atoms with E-state index in [2.05, 4.69) is 22.3 Å². The second-order valence-electron chi connectivity index (χ2n) is 8.49. The molecular weight excluding hydrogens is 382 g/mol. The number of methoxy groups -OCH3 is 1. The molecule has 1 saturated heterocycles. The van der Waals surface area contributed by atoms with Gasteiger partial charge in [-0.25, -0.2) is 4.79 Å². The van der Waals surface area contributed by atoms with Gasteiger partial charge < -0.3 is 19.9 Å². The molecule has 0 radical (unpaired) electrons. The van der Waals surface area contributed by atoms with Crippen LogP contribution in [0.1, 0.15) is 40.0 Å². The van der Waals surface area contributed by atoms with Crippen LogP contribution in [0.2, 0.25) is 0 Å². The lowest BCUT2D eigenvalue weighted by atomic mass is 10.0. The summed E-state index contributed by atoms with van der Waals surface area (Å²) < 4.78 is 4.79. The number of hydrogen-bond acceptors (Lipinski definition) is 5. The monoisotopic (exact) mass is 417 g/mol. The second kappa shape index (κ2) is 11.6. The number of amides is 2. The van der Waals surface area contributed by atoms with E-state index in [-0.39, 0.29) is 30.1 Å². The lowest BCUT2D eigenvalue weighted by Crippen LogP contribution is -2.49. The van der Waals surface area contributed by atoms with E-state index in [1.54, 1.807) is 0 Å². The van der Waals surface area contributed by atoms with Gasteiger partial charge in [-0.05, 0) is 30.4 Å². The first-order valence-corrected chi connectivity index (χ1v) is 10.7. The summed E-state index contributed by atoms with van der Waals surface area (Å²) in [6.45, 7) is 8.85. The first-order valence-electron chi connectivity index (χ1n) is 10.7. The van der Waals surface area contributed by atoms with Gasteiger partial charge in [-0.3, -0.25) is 9.59 Å². The highest BCUT2D eigenvalue weighted by Gasteiger charge is 2.26. The van der Waals surface area contributed by atoms with Crippen molar-refractivity contribution in [3.05, 3.63) is 30.3 Å². The SMILES string of the molecule is COC(=O)[C@@H](CC(C)C)NC(=O)C[C@H](C)CC(=O)N1CCN(c2ccccc2)CC1. The molecule has 2 amide bonds. The Morgan fingerprint density at radius 1 is 1.00 bits per heavy atom. The summed E-state index contributed by atoms with van der Waals surface area (Å²) >= 11 is 0. The number of nitrogens with one attached hydrogen (secondary N) is 1. The minimum atomic E-state index is -0.642. The van der Waals surface area contributed by atoms with Crippen LogP contribution in [0.25, 0.3) is 0 Å². The maximum absolute atomic E-state index is 12.7. The number of carbonyl (C=O) groups is 3. The van der Waals surface area contributed by atoms with E-state index < -0.39 is 12.0 Å². The molecule has 2 atom stereocenters. The molecule has 0 aliphatic carbocycles. The van der Waals surface area contributed by atoms with Gasteiger partial charge in [0, 0.05) is 44.7 Å². The standard InChI is InChI=1S/C23H35N3O4/c1-17(2)14-20(23(29)30-4)24-21(27)15-18(3)16-22(28)26-12-10-25(11-13-26)19-8-6-5-7-9-19/h5-9,17-18,20H,10-16H2,1-4H3,(H,24,27)/t18-,20+/m0/s1. The number of nitrogens with zero attached hydrogens (tertiary/aromatic N) is 2. The molecule has 1 N–H and O–H groups in total. The zero-order valence-corrected chi connectivity index (χ0v) is 18.6. The van der Waals surface area contributed by atoms with Crippen LogP contribution in [0.15, 0.2) is 30.3 Å². The lowest BCUT2D eigenvalue weighted by Gasteiger charge is -2.36. The van der Waals surface area contributed by atoms with Crippen molar-refractivity contribution in [2.45, 2.75) is 46.1 Å². The van der Waals surface area contributed by atoms with Gasteiger partial charge in [0.2, 0.25) is 11.8 Å². The molecule has 0 unspecified atom stereocenters. The third kappa shape index (κ3) is 7.35. The van der Waals surface area contributed by atoms with Gasteiger partial charge in [0.25, 0.3) is 0 Å². The predicted molar refractivity (Wildman–Crippen MR) is 117 cm³/mol. The van der Waals surface area contributed by atoms with E-state index in [0.29, 0.717) is 25.9 Å². The molecule has 30 heavy (non-hydrogen) atoms. The van der Waals surface area contributed by atoms with Crippen molar-refractivity contribution in [3.8, 4) is 0 Å². The molecule has 0 spiro atoms. The fourth-order valence-electron chi connectivity index (χ4n) is 3.75.